The third-order valence-corrected chi connectivity index (χ3v) is 5.81. The molecule has 2 rings (SSSR count). The number of hydrogen-bond donors (Lipinski definition) is 2. The normalized spacial score (nSPS) is 18.4. The first-order valence-electron chi connectivity index (χ1n) is 6.84. The number of nitrogens with one attached hydrogen (secondary N) is 1. The van der Waals surface area contributed by atoms with Crippen molar-refractivity contribution in [2.45, 2.75) is 44.0 Å². The van der Waals surface area contributed by atoms with Gasteiger partial charge in [-0.3, -0.25) is 0 Å². The Labute approximate surface area is 125 Å². The van der Waals surface area contributed by atoms with Crippen LogP contribution in [0.1, 0.15) is 38.2 Å². The van der Waals surface area contributed by atoms with E-state index in [1.54, 1.807) is 12.1 Å². The van der Waals surface area contributed by atoms with Gasteiger partial charge in [0, 0.05) is 18.1 Å². The molecule has 0 aromatic heterocycles. The molecular formula is C14H21ClN2O2S. The highest BCUT2D eigenvalue weighted by Crippen LogP contribution is 2.37. The third kappa shape index (κ3) is 3.52. The zero-order valence-electron chi connectivity index (χ0n) is 11.7. The molecule has 0 radical (unpaired) electrons. The van der Waals surface area contributed by atoms with Crippen LogP contribution in [0.15, 0.2) is 23.1 Å². The van der Waals surface area contributed by atoms with Crippen molar-refractivity contribution < 1.29 is 8.42 Å². The average Bonchev–Trinajstić information content (AvgIpc) is 2.85. The molecule has 3 N–H and O–H groups in total. The van der Waals surface area contributed by atoms with Gasteiger partial charge in [-0.15, -0.1) is 0 Å². The fraction of sp³-hybridized carbons (Fsp3) is 0.571. The summed E-state index contributed by atoms with van der Waals surface area (Å²) in [5.74, 6) is 0. The molecule has 1 aromatic rings. The van der Waals surface area contributed by atoms with Crippen LogP contribution in [0.2, 0.25) is 5.02 Å². The summed E-state index contributed by atoms with van der Waals surface area (Å²) in [6.45, 7) is 2.84. The van der Waals surface area contributed by atoms with Crippen molar-refractivity contribution in [3.8, 4) is 0 Å². The van der Waals surface area contributed by atoms with Crippen LogP contribution in [0, 0.1) is 5.41 Å². The Hall–Kier alpha value is -0.620. The van der Waals surface area contributed by atoms with E-state index in [-0.39, 0.29) is 16.9 Å². The van der Waals surface area contributed by atoms with Crippen molar-refractivity contribution in [1.29, 1.82) is 0 Å². The van der Waals surface area contributed by atoms with E-state index in [4.69, 9.17) is 17.3 Å². The Balaban J connectivity index is 2.14. The first-order valence-corrected chi connectivity index (χ1v) is 8.71. The standard InChI is InChI=1S/C14H21ClN2O2S/c1-14(6-2-3-7-14)10-17-20(18,19)12-4-5-13(15)11(8-12)9-16/h4-5,8,17H,2-3,6-7,9-10,16H2,1H3. The van der Waals surface area contributed by atoms with E-state index in [0.29, 0.717) is 17.1 Å². The molecule has 0 heterocycles. The Morgan fingerprint density at radius 3 is 2.60 bits per heavy atom. The van der Waals surface area contributed by atoms with Gasteiger partial charge in [-0.1, -0.05) is 31.4 Å². The number of benzene rings is 1. The number of nitrogens with two attached hydrogens (primary N) is 1. The molecule has 0 saturated heterocycles. The van der Waals surface area contributed by atoms with Gasteiger partial charge >= 0.3 is 0 Å². The summed E-state index contributed by atoms with van der Waals surface area (Å²) in [4.78, 5) is 0.226. The van der Waals surface area contributed by atoms with E-state index in [2.05, 4.69) is 11.6 Å². The van der Waals surface area contributed by atoms with Gasteiger partial charge in [0.1, 0.15) is 0 Å². The van der Waals surface area contributed by atoms with Gasteiger partial charge in [-0.05, 0) is 42.0 Å². The predicted molar refractivity (Wildman–Crippen MR) is 81.1 cm³/mol. The summed E-state index contributed by atoms with van der Waals surface area (Å²) < 4.78 is 27.3. The number of sulfonamides is 1. The molecule has 0 unspecified atom stereocenters. The second-order valence-electron chi connectivity index (χ2n) is 5.80. The Morgan fingerprint density at radius 2 is 2.00 bits per heavy atom. The maximum Gasteiger partial charge on any atom is 0.240 e. The van der Waals surface area contributed by atoms with Gasteiger partial charge in [-0.2, -0.15) is 0 Å². The van der Waals surface area contributed by atoms with Gasteiger partial charge in [0.15, 0.2) is 0 Å². The number of hydrogen-bond acceptors (Lipinski definition) is 3. The van der Waals surface area contributed by atoms with Crippen molar-refractivity contribution in [3.63, 3.8) is 0 Å². The van der Waals surface area contributed by atoms with E-state index in [0.717, 1.165) is 12.8 Å². The predicted octanol–water partition coefficient (Wildman–Crippen LogP) is 2.66. The minimum absolute atomic E-state index is 0.0796. The molecule has 1 saturated carbocycles. The van der Waals surface area contributed by atoms with Gasteiger partial charge in [0.2, 0.25) is 10.0 Å². The molecule has 0 aliphatic heterocycles. The van der Waals surface area contributed by atoms with Gasteiger partial charge in [0.25, 0.3) is 0 Å². The zero-order chi connectivity index (χ0) is 14.8. The van der Waals surface area contributed by atoms with Crippen LogP contribution >= 0.6 is 11.6 Å². The SMILES string of the molecule is CC1(CNS(=O)(=O)c2ccc(Cl)c(CN)c2)CCCC1. The van der Waals surface area contributed by atoms with Gasteiger partial charge < -0.3 is 5.73 Å². The van der Waals surface area contributed by atoms with Crippen LogP contribution in [-0.4, -0.2) is 15.0 Å². The largest absolute Gasteiger partial charge is 0.326 e. The summed E-state index contributed by atoms with van der Waals surface area (Å²) in [7, 11) is -3.50. The first-order chi connectivity index (χ1) is 9.36. The maximum atomic E-state index is 12.3. The lowest BCUT2D eigenvalue weighted by Gasteiger charge is -2.23. The fourth-order valence-electron chi connectivity index (χ4n) is 2.63. The molecule has 0 spiro atoms. The summed E-state index contributed by atoms with van der Waals surface area (Å²) in [5, 5.41) is 0.495. The van der Waals surface area contributed by atoms with E-state index in [9.17, 15) is 8.42 Å². The highest BCUT2D eigenvalue weighted by molar-refractivity contribution is 7.89. The van der Waals surface area contributed by atoms with Crippen LogP contribution in [0.5, 0.6) is 0 Å². The monoisotopic (exact) mass is 316 g/mol. The van der Waals surface area contributed by atoms with Crippen LogP contribution in [0.25, 0.3) is 0 Å². The van der Waals surface area contributed by atoms with Gasteiger partial charge in [-0.25, -0.2) is 13.1 Å². The van der Waals surface area contributed by atoms with Crippen molar-refractivity contribution in [2.24, 2.45) is 11.1 Å². The second-order valence-corrected chi connectivity index (χ2v) is 7.97. The molecule has 6 heteroatoms. The minimum Gasteiger partial charge on any atom is -0.326 e. The molecule has 20 heavy (non-hydrogen) atoms. The lowest BCUT2D eigenvalue weighted by Crippen LogP contribution is -2.34. The Bertz CT molecular complexity index is 581. The second kappa shape index (κ2) is 6.02. The van der Waals surface area contributed by atoms with E-state index in [1.807, 2.05) is 0 Å². The molecule has 0 bridgehead atoms. The van der Waals surface area contributed by atoms with E-state index in [1.165, 1.54) is 18.9 Å². The first kappa shape index (κ1) is 15.8. The number of rotatable bonds is 5. The molecule has 1 aliphatic carbocycles. The average molecular weight is 317 g/mol. The quantitative estimate of drug-likeness (QED) is 0.877. The smallest absolute Gasteiger partial charge is 0.240 e. The summed E-state index contributed by atoms with van der Waals surface area (Å²) >= 11 is 5.95. The van der Waals surface area contributed by atoms with Crippen LogP contribution in [0.3, 0.4) is 0 Å². The summed E-state index contributed by atoms with van der Waals surface area (Å²) in [5.41, 5.74) is 6.28. The minimum atomic E-state index is -3.50. The summed E-state index contributed by atoms with van der Waals surface area (Å²) in [6.07, 6.45) is 4.50. The molecule has 1 aromatic carbocycles. The third-order valence-electron chi connectivity index (χ3n) is 4.05. The van der Waals surface area contributed by atoms with Crippen molar-refractivity contribution in [3.05, 3.63) is 28.8 Å². The lowest BCUT2D eigenvalue weighted by molar-refractivity contribution is 0.336. The lowest BCUT2D eigenvalue weighted by atomic mass is 9.89. The highest BCUT2D eigenvalue weighted by atomic mass is 35.5. The molecule has 1 aliphatic rings. The zero-order valence-corrected chi connectivity index (χ0v) is 13.2. The number of halogens is 1. The van der Waals surface area contributed by atoms with Crippen molar-refractivity contribution >= 4 is 21.6 Å². The summed E-state index contributed by atoms with van der Waals surface area (Å²) in [6, 6.07) is 4.64. The molecule has 0 amide bonds. The highest BCUT2D eigenvalue weighted by Gasteiger charge is 2.30. The fourth-order valence-corrected chi connectivity index (χ4v) is 4.08. The molecule has 4 nitrogen and oxygen atoms in total. The Kier molecular flexibility index (Phi) is 4.74. The van der Waals surface area contributed by atoms with E-state index < -0.39 is 10.0 Å². The van der Waals surface area contributed by atoms with Crippen molar-refractivity contribution in [2.75, 3.05) is 6.54 Å². The Morgan fingerprint density at radius 1 is 1.35 bits per heavy atom. The van der Waals surface area contributed by atoms with Crippen LogP contribution in [0.4, 0.5) is 0 Å². The molecule has 112 valence electrons. The van der Waals surface area contributed by atoms with Crippen molar-refractivity contribution in [1.82, 2.24) is 4.72 Å². The molecule has 0 atom stereocenters. The van der Waals surface area contributed by atoms with Gasteiger partial charge in [0.05, 0.1) is 4.90 Å². The van der Waals surface area contributed by atoms with Crippen LogP contribution < -0.4 is 10.5 Å². The maximum absolute atomic E-state index is 12.3. The topological polar surface area (TPSA) is 72.2 Å². The van der Waals surface area contributed by atoms with Crippen LogP contribution in [-0.2, 0) is 16.6 Å². The molecule has 1 fully saturated rings. The molecular weight excluding hydrogens is 296 g/mol. The van der Waals surface area contributed by atoms with E-state index >= 15 is 0 Å².